The maximum absolute atomic E-state index is 11.9. The van der Waals surface area contributed by atoms with Crippen LogP contribution in [0.25, 0.3) is 0 Å². The molecule has 1 fully saturated rings. The van der Waals surface area contributed by atoms with Crippen molar-refractivity contribution >= 4 is 17.7 Å². The second-order valence-corrected chi connectivity index (χ2v) is 4.77. The van der Waals surface area contributed by atoms with E-state index in [-0.39, 0.29) is 12.5 Å². The van der Waals surface area contributed by atoms with Crippen molar-refractivity contribution in [2.45, 2.75) is 19.3 Å². The molecule has 0 aromatic heterocycles. The first-order valence-electron chi connectivity index (χ1n) is 6.41. The molecule has 0 spiro atoms. The van der Waals surface area contributed by atoms with E-state index >= 15 is 0 Å². The average molecular weight is 262 g/mol. The largest absolute Gasteiger partial charge is 0.481 e. The summed E-state index contributed by atoms with van der Waals surface area (Å²) in [5.41, 5.74) is 1.96. The minimum Gasteiger partial charge on any atom is -0.481 e. The number of hydrogen-bond donors (Lipinski definition) is 1. The number of carboxylic acid groups (broad SMARTS) is 1. The Morgan fingerprint density at radius 3 is 2.79 bits per heavy atom. The van der Waals surface area contributed by atoms with Crippen LogP contribution in [0.5, 0.6) is 0 Å². The standard InChI is InChI=1S/C14H18N2O3/c1-15-8-9-16(14(15)19)12-6-2-4-11(10-12)5-3-7-13(17)18/h2,4,6,10H,3,5,7-9H2,1H3,(H,17,18). The Labute approximate surface area is 112 Å². The maximum Gasteiger partial charge on any atom is 0.324 e. The molecule has 2 rings (SSSR count). The van der Waals surface area contributed by atoms with Crippen molar-refractivity contribution in [3.8, 4) is 0 Å². The molecule has 0 radical (unpaired) electrons. The lowest BCUT2D eigenvalue weighted by Gasteiger charge is -2.16. The first-order chi connectivity index (χ1) is 9.08. The zero-order valence-electron chi connectivity index (χ0n) is 11.0. The number of benzene rings is 1. The highest BCUT2D eigenvalue weighted by Crippen LogP contribution is 2.21. The molecule has 0 bridgehead atoms. The van der Waals surface area contributed by atoms with Gasteiger partial charge in [0.15, 0.2) is 0 Å². The van der Waals surface area contributed by atoms with Crippen LogP contribution >= 0.6 is 0 Å². The van der Waals surface area contributed by atoms with Crippen LogP contribution in [0.1, 0.15) is 18.4 Å². The minimum absolute atomic E-state index is 0.0164. The predicted octanol–water partition coefficient (Wildman–Crippen LogP) is 1.97. The molecule has 1 aromatic rings. The zero-order valence-corrected chi connectivity index (χ0v) is 11.0. The second kappa shape index (κ2) is 5.73. The number of amides is 2. The van der Waals surface area contributed by atoms with E-state index in [9.17, 15) is 9.59 Å². The highest BCUT2D eigenvalue weighted by Gasteiger charge is 2.26. The molecular weight excluding hydrogens is 244 g/mol. The van der Waals surface area contributed by atoms with Gasteiger partial charge in [-0.25, -0.2) is 4.79 Å². The second-order valence-electron chi connectivity index (χ2n) is 4.77. The number of carboxylic acids is 1. The van der Waals surface area contributed by atoms with Gasteiger partial charge in [-0.2, -0.15) is 0 Å². The summed E-state index contributed by atoms with van der Waals surface area (Å²) in [5.74, 6) is -0.771. The first-order valence-corrected chi connectivity index (χ1v) is 6.41. The van der Waals surface area contributed by atoms with E-state index in [4.69, 9.17) is 5.11 Å². The number of aryl methyl sites for hydroxylation is 1. The average Bonchev–Trinajstić information content (AvgIpc) is 2.70. The van der Waals surface area contributed by atoms with Crippen molar-refractivity contribution in [1.29, 1.82) is 0 Å². The Balaban J connectivity index is 2.03. The van der Waals surface area contributed by atoms with Crippen LogP contribution in [-0.4, -0.2) is 42.1 Å². The number of hydrogen-bond acceptors (Lipinski definition) is 2. The molecule has 5 heteroatoms. The molecule has 1 heterocycles. The van der Waals surface area contributed by atoms with Crippen LogP contribution in [0, 0.1) is 0 Å². The van der Waals surface area contributed by atoms with Gasteiger partial charge in [0.1, 0.15) is 0 Å². The molecule has 1 aliphatic rings. The lowest BCUT2D eigenvalue weighted by molar-refractivity contribution is -0.137. The predicted molar refractivity (Wildman–Crippen MR) is 72.4 cm³/mol. The highest BCUT2D eigenvalue weighted by molar-refractivity contribution is 5.93. The number of likely N-dealkylation sites (N-methyl/N-ethyl adjacent to an activating group) is 1. The minimum atomic E-state index is -0.771. The molecule has 0 atom stereocenters. The molecule has 102 valence electrons. The van der Waals surface area contributed by atoms with Crippen LogP contribution in [0.4, 0.5) is 10.5 Å². The molecule has 0 saturated carbocycles. The molecule has 1 aromatic carbocycles. The third kappa shape index (κ3) is 3.24. The summed E-state index contributed by atoms with van der Waals surface area (Å²) in [6.07, 6.45) is 1.51. The van der Waals surface area contributed by atoms with Gasteiger partial charge in [0.2, 0.25) is 0 Å². The Hall–Kier alpha value is -2.04. The topological polar surface area (TPSA) is 60.9 Å². The monoisotopic (exact) mass is 262 g/mol. The van der Waals surface area contributed by atoms with E-state index < -0.39 is 5.97 Å². The van der Waals surface area contributed by atoms with Crippen molar-refractivity contribution in [3.63, 3.8) is 0 Å². The lowest BCUT2D eigenvalue weighted by atomic mass is 10.1. The number of anilines is 1. The fraction of sp³-hybridized carbons (Fsp3) is 0.429. The van der Waals surface area contributed by atoms with Crippen molar-refractivity contribution in [2.75, 3.05) is 25.0 Å². The Morgan fingerprint density at radius 1 is 1.37 bits per heavy atom. The van der Waals surface area contributed by atoms with Gasteiger partial charge in [-0.1, -0.05) is 12.1 Å². The van der Waals surface area contributed by atoms with Crippen molar-refractivity contribution in [2.24, 2.45) is 0 Å². The number of carbonyl (C=O) groups is 2. The summed E-state index contributed by atoms with van der Waals surface area (Å²) in [7, 11) is 1.79. The van der Waals surface area contributed by atoms with Crippen molar-refractivity contribution < 1.29 is 14.7 Å². The van der Waals surface area contributed by atoms with Crippen LogP contribution < -0.4 is 4.90 Å². The molecule has 2 amide bonds. The third-order valence-electron chi connectivity index (χ3n) is 3.29. The number of nitrogens with zero attached hydrogens (tertiary/aromatic N) is 2. The van der Waals surface area contributed by atoms with E-state index in [1.165, 1.54) is 0 Å². The quantitative estimate of drug-likeness (QED) is 0.882. The number of rotatable bonds is 5. The summed E-state index contributed by atoms with van der Waals surface area (Å²) < 4.78 is 0. The fourth-order valence-corrected chi connectivity index (χ4v) is 2.21. The van der Waals surface area contributed by atoms with E-state index in [1.807, 2.05) is 24.3 Å². The zero-order chi connectivity index (χ0) is 13.8. The normalized spacial score (nSPS) is 15.1. The molecular formula is C14H18N2O3. The van der Waals surface area contributed by atoms with Crippen LogP contribution in [0.2, 0.25) is 0 Å². The van der Waals surface area contributed by atoms with E-state index in [1.54, 1.807) is 16.8 Å². The number of urea groups is 1. The summed E-state index contributed by atoms with van der Waals surface area (Å²) >= 11 is 0. The van der Waals surface area contributed by atoms with Crippen LogP contribution in [0.3, 0.4) is 0 Å². The van der Waals surface area contributed by atoms with E-state index in [0.29, 0.717) is 13.0 Å². The van der Waals surface area contributed by atoms with E-state index in [2.05, 4.69) is 0 Å². The van der Waals surface area contributed by atoms with Crippen LogP contribution in [-0.2, 0) is 11.2 Å². The van der Waals surface area contributed by atoms with Gasteiger partial charge < -0.3 is 10.0 Å². The summed E-state index contributed by atoms with van der Waals surface area (Å²) in [4.78, 5) is 25.8. The molecule has 0 unspecified atom stereocenters. The maximum atomic E-state index is 11.9. The molecule has 0 aliphatic carbocycles. The SMILES string of the molecule is CN1CCN(c2cccc(CCCC(=O)O)c2)C1=O. The molecule has 1 saturated heterocycles. The smallest absolute Gasteiger partial charge is 0.324 e. The summed E-state index contributed by atoms with van der Waals surface area (Å²) in [5, 5.41) is 8.62. The Kier molecular flexibility index (Phi) is 4.04. The summed E-state index contributed by atoms with van der Waals surface area (Å²) in [6.45, 7) is 1.44. The molecule has 1 aliphatic heterocycles. The van der Waals surface area contributed by atoms with Gasteiger partial charge in [0.25, 0.3) is 0 Å². The van der Waals surface area contributed by atoms with Crippen molar-refractivity contribution in [1.82, 2.24) is 4.90 Å². The highest BCUT2D eigenvalue weighted by atomic mass is 16.4. The third-order valence-corrected chi connectivity index (χ3v) is 3.29. The molecule has 1 N–H and O–H groups in total. The molecule has 19 heavy (non-hydrogen) atoms. The van der Waals surface area contributed by atoms with E-state index in [0.717, 1.165) is 24.2 Å². The van der Waals surface area contributed by atoms with Gasteiger partial charge in [-0.3, -0.25) is 9.69 Å². The van der Waals surface area contributed by atoms with Gasteiger partial charge >= 0.3 is 12.0 Å². The van der Waals surface area contributed by atoms with Crippen molar-refractivity contribution in [3.05, 3.63) is 29.8 Å². The van der Waals surface area contributed by atoms with Crippen LogP contribution in [0.15, 0.2) is 24.3 Å². The van der Waals surface area contributed by atoms with Gasteiger partial charge in [0, 0.05) is 32.2 Å². The Bertz CT molecular complexity index is 487. The fourth-order valence-electron chi connectivity index (χ4n) is 2.21. The lowest BCUT2D eigenvalue weighted by Crippen LogP contribution is -2.29. The summed E-state index contributed by atoms with van der Waals surface area (Å²) in [6, 6.07) is 7.78. The Morgan fingerprint density at radius 2 is 2.16 bits per heavy atom. The number of carbonyl (C=O) groups excluding carboxylic acids is 1. The van der Waals surface area contributed by atoms with Gasteiger partial charge in [-0.15, -0.1) is 0 Å². The molecule has 5 nitrogen and oxygen atoms in total. The van der Waals surface area contributed by atoms with Gasteiger partial charge in [0.05, 0.1) is 0 Å². The first kappa shape index (κ1) is 13.4. The van der Waals surface area contributed by atoms with Gasteiger partial charge in [-0.05, 0) is 30.5 Å². The number of aliphatic carboxylic acids is 1.